The van der Waals surface area contributed by atoms with Gasteiger partial charge in [-0.05, 0) is 17.7 Å². The van der Waals surface area contributed by atoms with E-state index in [0.717, 1.165) is 17.1 Å². The lowest BCUT2D eigenvalue weighted by atomic mass is 10.2. The number of urea groups is 1. The zero-order valence-corrected chi connectivity index (χ0v) is 12.9. The first-order chi connectivity index (χ1) is 11.7. The van der Waals surface area contributed by atoms with Gasteiger partial charge in [0.2, 0.25) is 0 Å². The van der Waals surface area contributed by atoms with E-state index >= 15 is 0 Å². The summed E-state index contributed by atoms with van der Waals surface area (Å²) in [7, 11) is 0. The quantitative estimate of drug-likeness (QED) is 0.671. The van der Waals surface area contributed by atoms with Crippen LogP contribution in [0.2, 0.25) is 0 Å². The van der Waals surface area contributed by atoms with Crippen LogP contribution < -0.4 is 10.6 Å². The van der Waals surface area contributed by atoms with Crippen molar-refractivity contribution in [3.05, 3.63) is 72.4 Å². The molecular weight excluding hydrogens is 307 g/mol. The molecule has 0 unspecified atom stereocenters. The molecule has 0 aliphatic heterocycles. The van der Waals surface area contributed by atoms with Crippen LogP contribution in [-0.4, -0.2) is 22.5 Å². The number of nitrogens with zero attached hydrogens (tertiary/aromatic N) is 1. The lowest BCUT2D eigenvalue weighted by molar-refractivity contribution is 0.252. The summed E-state index contributed by atoms with van der Waals surface area (Å²) in [5.74, 6) is 0.311. The molecule has 0 aliphatic carbocycles. The molecule has 0 saturated carbocycles. The number of nitrogens with one attached hydrogen (secondary N) is 3. The van der Waals surface area contributed by atoms with Gasteiger partial charge in [-0.25, -0.2) is 14.2 Å². The number of rotatable bonds is 5. The van der Waals surface area contributed by atoms with Crippen LogP contribution in [0.15, 0.2) is 60.8 Å². The molecule has 0 fully saturated rings. The van der Waals surface area contributed by atoms with Gasteiger partial charge in [-0.2, -0.15) is 0 Å². The number of anilines is 1. The smallest absolute Gasteiger partial charge is 0.319 e. The molecule has 24 heavy (non-hydrogen) atoms. The van der Waals surface area contributed by atoms with Gasteiger partial charge in [-0.15, -0.1) is 0 Å². The third-order valence-corrected chi connectivity index (χ3v) is 3.48. The van der Waals surface area contributed by atoms with E-state index in [2.05, 4.69) is 20.6 Å². The first-order valence-electron chi connectivity index (χ1n) is 7.61. The summed E-state index contributed by atoms with van der Waals surface area (Å²) in [5.41, 5.74) is 2.14. The zero-order chi connectivity index (χ0) is 16.8. The third-order valence-electron chi connectivity index (χ3n) is 3.48. The van der Waals surface area contributed by atoms with Gasteiger partial charge in [0.25, 0.3) is 0 Å². The van der Waals surface area contributed by atoms with Crippen LogP contribution in [0.4, 0.5) is 14.9 Å². The first kappa shape index (κ1) is 15.7. The van der Waals surface area contributed by atoms with Crippen molar-refractivity contribution in [3.63, 3.8) is 0 Å². The summed E-state index contributed by atoms with van der Waals surface area (Å²) < 4.78 is 13.4. The highest BCUT2D eigenvalue weighted by atomic mass is 19.1. The summed E-state index contributed by atoms with van der Waals surface area (Å²) >= 11 is 0. The topological polar surface area (TPSA) is 69.8 Å². The lowest BCUT2D eigenvalue weighted by Gasteiger charge is -2.07. The van der Waals surface area contributed by atoms with E-state index in [-0.39, 0.29) is 5.69 Å². The van der Waals surface area contributed by atoms with Gasteiger partial charge in [-0.3, -0.25) is 0 Å². The molecule has 122 valence electrons. The van der Waals surface area contributed by atoms with Crippen LogP contribution >= 0.6 is 0 Å². The van der Waals surface area contributed by atoms with Gasteiger partial charge in [0.15, 0.2) is 0 Å². The Morgan fingerprint density at radius 2 is 1.83 bits per heavy atom. The van der Waals surface area contributed by atoms with Crippen LogP contribution in [0, 0.1) is 5.82 Å². The average molecular weight is 324 g/mol. The van der Waals surface area contributed by atoms with Crippen molar-refractivity contribution in [2.75, 3.05) is 11.9 Å². The standard InChI is InChI=1S/C18H17FN4O/c19-14-8-4-5-9-15(14)23-18(24)20-11-10-17-21-12-16(22-17)13-6-2-1-3-7-13/h1-9,12H,10-11H2,(H,21,22)(H2,20,23,24). The van der Waals surface area contributed by atoms with Gasteiger partial charge in [0, 0.05) is 13.0 Å². The Labute approximate surface area is 138 Å². The van der Waals surface area contributed by atoms with Crippen molar-refractivity contribution >= 4 is 11.7 Å². The summed E-state index contributed by atoms with van der Waals surface area (Å²) in [4.78, 5) is 19.3. The average Bonchev–Trinajstić information content (AvgIpc) is 3.07. The third kappa shape index (κ3) is 3.98. The molecular formula is C18H17FN4O. The van der Waals surface area contributed by atoms with Gasteiger partial charge in [0.1, 0.15) is 11.6 Å². The molecule has 0 bridgehead atoms. The highest BCUT2D eigenvalue weighted by molar-refractivity contribution is 5.89. The number of hydrogen-bond donors (Lipinski definition) is 3. The predicted octanol–water partition coefficient (Wildman–Crippen LogP) is 3.58. The van der Waals surface area contributed by atoms with Gasteiger partial charge >= 0.3 is 6.03 Å². The normalized spacial score (nSPS) is 10.4. The molecule has 3 aromatic rings. The summed E-state index contributed by atoms with van der Waals surface area (Å²) in [6.45, 7) is 0.391. The Hall–Kier alpha value is -3.15. The SMILES string of the molecule is O=C(NCCc1ncc(-c2ccccc2)[nH]1)Nc1ccccc1F. The van der Waals surface area contributed by atoms with Gasteiger partial charge < -0.3 is 15.6 Å². The second-order valence-corrected chi connectivity index (χ2v) is 5.22. The minimum Gasteiger partial charge on any atom is -0.342 e. The molecule has 0 aliphatic rings. The Kier molecular flexibility index (Phi) is 4.86. The van der Waals surface area contributed by atoms with Crippen molar-refractivity contribution in [3.8, 4) is 11.3 Å². The number of aromatic nitrogens is 2. The minimum absolute atomic E-state index is 0.152. The Bertz CT molecular complexity index is 817. The molecule has 1 heterocycles. The Morgan fingerprint density at radius 1 is 1.08 bits per heavy atom. The Morgan fingerprint density at radius 3 is 2.62 bits per heavy atom. The van der Waals surface area contributed by atoms with Crippen molar-refractivity contribution in [2.45, 2.75) is 6.42 Å². The number of aromatic amines is 1. The number of halogens is 1. The molecule has 6 heteroatoms. The number of para-hydroxylation sites is 1. The number of H-pyrrole nitrogens is 1. The summed E-state index contributed by atoms with van der Waals surface area (Å²) in [6.07, 6.45) is 2.32. The van der Waals surface area contributed by atoms with Crippen molar-refractivity contribution < 1.29 is 9.18 Å². The van der Waals surface area contributed by atoms with Crippen molar-refractivity contribution in [2.24, 2.45) is 0 Å². The van der Waals surface area contributed by atoms with E-state index in [9.17, 15) is 9.18 Å². The molecule has 2 amide bonds. The maximum absolute atomic E-state index is 13.4. The molecule has 0 atom stereocenters. The van der Waals surface area contributed by atoms with E-state index < -0.39 is 11.8 Å². The molecule has 3 rings (SSSR count). The van der Waals surface area contributed by atoms with Gasteiger partial charge in [-0.1, -0.05) is 42.5 Å². The van der Waals surface area contributed by atoms with Crippen LogP contribution in [0.1, 0.15) is 5.82 Å². The molecule has 0 saturated heterocycles. The second kappa shape index (κ2) is 7.41. The highest BCUT2D eigenvalue weighted by Crippen LogP contribution is 2.16. The van der Waals surface area contributed by atoms with E-state index in [1.54, 1.807) is 18.3 Å². The van der Waals surface area contributed by atoms with Crippen molar-refractivity contribution in [1.29, 1.82) is 0 Å². The molecule has 0 radical (unpaired) electrons. The second-order valence-electron chi connectivity index (χ2n) is 5.22. The molecule has 5 nitrogen and oxygen atoms in total. The van der Waals surface area contributed by atoms with Crippen LogP contribution in [0.5, 0.6) is 0 Å². The summed E-state index contributed by atoms with van der Waals surface area (Å²) in [5, 5.41) is 5.15. The molecule has 1 aromatic heterocycles. The lowest BCUT2D eigenvalue weighted by Crippen LogP contribution is -2.30. The summed E-state index contributed by atoms with van der Waals surface area (Å²) in [6, 6.07) is 15.5. The fraction of sp³-hybridized carbons (Fsp3) is 0.111. The van der Waals surface area contributed by atoms with E-state index in [4.69, 9.17) is 0 Å². The molecule has 2 aromatic carbocycles. The number of amides is 2. The fourth-order valence-corrected chi connectivity index (χ4v) is 2.28. The van der Waals surface area contributed by atoms with E-state index in [1.165, 1.54) is 12.1 Å². The monoisotopic (exact) mass is 324 g/mol. The van der Waals surface area contributed by atoms with Crippen LogP contribution in [0.3, 0.4) is 0 Å². The van der Waals surface area contributed by atoms with E-state index in [1.807, 2.05) is 30.3 Å². The first-order valence-corrected chi connectivity index (χ1v) is 7.61. The number of hydrogen-bond acceptors (Lipinski definition) is 2. The zero-order valence-electron chi connectivity index (χ0n) is 12.9. The van der Waals surface area contributed by atoms with Crippen molar-refractivity contribution in [1.82, 2.24) is 15.3 Å². The predicted molar refractivity (Wildman–Crippen MR) is 91.1 cm³/mol. The van der Waals surface area contributed by atoms with Crippen LogP contribution in [0.25, 0.3) is 11.3 Å². The number of carbonyl (C=O) groups excluding carboxylic acids is 1. The number of carbonyl (C=O) groups is 1. The fourth-order valence-electron chi connectivity index (χ4n) is 2.28. The van der Waals surface area contributed by atoms with Gasteiger partial charge in [0.05, 0.1) is 17.6 Å². The maximum Gasteiger partial charge on any atom is 0.319 e. The highest BCUT2D eigenvalue weighted by Gasteiger charge is 2.06. The molecule has 3 N–H and O–H groups in total. The largest absolute Gasteiger partial charge is 0.342 e. The maximum atomic E-state index is 13.4. The number of imidazole rings is 1. The van der Waals surface area contributed by atoms with E-state index in [0.29, 0.717) is 13.0 Å². The van der Waals surface area contributed by atoms with Crippen LogP contribution in [-0.2, 0) is 6.42 Å². The Balaban J connectivity index is 1.49. The minimum atomic E-state index is -0.466. The molecule has 0 spiro atoms. The number of benzene rings is 2.